The smallest absolute Gasteiger partial charge is 0.190 e. The number of aryl methyl sites for hydroxylation is 2. The van der Waals surface area contributed by atoms with Crippen LogP contribution in [0.4, 0.5) is 0 Å². The van der Waals surface area contributed by atoms with Gasteiger partial charge in [-0.1, -0.05) is 42.5 Å². The monoisotopic (exact) mass is 441 g/mol. The zero-order valence-electron chi connectivity index (χ0n) is 18.2. The standard InChI is InChI=1S/C23H31N5O2S/c1-19-27-21-12-6-7-13-22(21)28(19)16-8-14-25-23(24-2)26-15-9-17-31(29,30)18-20-10-4-3-5-11-20/h3-7,10-13H,8-9,14-18H2,1-2H3,(H2,24,25,26). The van der Waals surface area contributed by atoms with E-state index in [1.807, 2.05) is 55.5 Å². The third kappa shape index (κ3) is 6.82. The van der Waals surface area contributed by atoms with E-state index in [9.17, 15) is 8.42 Å². The van der Waals surface area contributed by atoms with Crippen LogP contribution in [0.2, 0.25) is 0 Å². The lowest BCUT2D eigenvalue weighted by Crippen LogP contribution is -2.38. The number of sulfone groups is 1. The first-order valence-electron chi connectivity index (χ1n) is 10.6. The Morgan fingerprint density at radius 1 is 1.00 bits per heavy atom. The van der Waals surface area contributed by atoms with Crippen LogP contribution in [-0.4, -0.2) is 49.8 Å². The fraction of sp³-hybridized carbons (Fsp3) is 0.391. The average Bonchev–Trinajstić information content (AvgIpc) is 3.08. The maximum Gasteiger partial charge on any atom is 0.190 e. The van der Waals surface area contributed by atoms with Crippen LogP contribution in [0.15, 0.2) is 59.6 Å². The number of rotatable bonds is 10. The fourth-order valence-electron chi connectivity index (χ4n) is 3.54. The minimum Gasteiger partial charge on any atom is -0.356 e. The van der Waals surface area contributed by atoms with E-state index in [0.29, 0.717) is 18.9 Å². The molecule has 0 saturated carbocycles. The Bertz CT molecular complexity index is 1110. The molecule has 7 nitrogen and oxygen atoms in total. The van der Waals surface area contributed by atoms with E-state index in [0.717, 1.165) is 41.9 Å². The Morgan fingerprint density at radius 3 is 2.42 bits per heavy atom. The number of imidazole rings is 1. The second-order valence-electron chi connectivity index (χ2n) is 7.51. The maximum absolute atomic E-state index is 12.3. The zero-order valence-corrected chi connectivity index (χ0v) is 19.0. The lowest BCUT2D eigenvalue weighted by Gasteiger charge is -2.13. The van der Waals surface area contributed by atoms with Gasteiger partial charge in [-0.05, 0) is 37.5 Å². The van der Waals surface area contributed by atoms with Gasteiger partial charge in [0.1, 0.15) is 5.82 Å². The molecule has 1 heterocycles. The van der Waals surface area contributed by atoms with Crippen molar-refractivity contribution in [2.45, 2.75) is 32.1 Å². The fourth-order valence-corrected chi connectivity index (χ4v) is 4.97. The molecule has 2 N–H and O–H groups in total. The van der Waals surface area contributed by atoms with Crippen LogP contribution in [0.25, 0.3) is 11.0 Å². The van der Waals surface area contributed by atoms with Crippen molar-refractivity contribution in [2.24, 2.45) is 4.99 Å². The van der Waals surface area contributed by atoms with Crippen LogP contribution < -0.4 is 10.6 Å². The molecule has 8 heteroatoms. The average molecular weight is 442 g/mol. The minimum absolute atomic E-state index is 0.0865. The molecule has 3 rings (SSSR count). The molecular weight excluding hydrogens is 410 g/mol. The summed E-state index contributed by atoms with van der Waals surface area (Å²) in [5.41, 5.74) is 3.00. The summed E-state index contributed by atoms with van der Waals surface area (Å²) in [4.78, 5) is 8.81. The van der Waals surface area contributed by atoms with E-state index >= 15 is 0 Å². The SMILES string of the molecule is CN=C(NCCCn1c(C)nc2ccccc21)NCCCS(=O)(=O)Cc1ccccc1. The molecular formula is C23H31N5O2S. The summed E-state index contributed by atoms with van der Waals surface area (Å²) in [5, 5.41) is 6.49. The summed E-state index contributed by atoms with van der Waals surface area (Å²) in [7, 11) is -1.40. The highest BCUT2D eigenvalue weighted by Crippen LogP contribution is 2.15. The molecule has 0 radical (unpaired) electrons. The second kappa shape index (κ2) is 10.9. The Kier molecular flexibility index (Phi) is 8.06. The Hall–Kier alpha value is -2.87. The maximum atomic E-state index is 12.3. The summed E-state index contributed by atoms with van der Waals surface area (Å²) in [6.07, 6.45) is 1.46. The molecule has 0 aliphatic heterocycles. The summed E-state index contributed by atoms with van der Waals surface area (Å²) in [6.45, 7) is 4.21. The normalized spacial score (nSPS) is 12.3. The van der Waals surface area contributed by atoms with Crippen molar-refractivity contribution < 1.29 is 8.42 Å². The van der Waals surface area contributed by atoms with E-state index in [2.05, 4.69) is 31.2 Å². The lowest BCUT2D eigenvalue weighted by atomic mass is 10.2. The molecule has 0 fully saturated rings. The number of benzene rings is 2. The highest BCUT2D eigenvalue weighted by atomic mass is 32.2. The van der Waals surface area contributed by atoms with Crippen molar-refractivity contribution in [3.8, 4) is 0 Å². The van der Waals surface area contributed by atoms with Gasteiger partial charge in [0.05, 0.1) is 22.5 Å². The number of hydrogen-bond acceptors (Lipinski definition) is 4. The van der Waals surface area contributed by atoms with E-state index in [4.69, 9.17) is 0 Å². The Morgan fingerprint density at radius 2 is 1.68 bits per heavy atom. The van der Waals surface area contributed by atoms with E-state index < -0.39 is 9.84 Å². The predicted octanol–water partition coefficient (Wildman–Crippen LogP) is 2.90. The van der Waals surface area contributed by atoms with Gasteiger partial charge in [0.15, 0.2) is 15.8 Å². The Labute approximate surface area is 184 Å². The molecule has 0 spiro atoms. The predicted molar refractivity (Wildman–Crippen MR) is 127 cm³/mol. The van der Waals surface area contributed by atoms with E-state index in [1.165, 1.54) is 0 Å². The highest BCUT2D eigenvalue weighted by Gasteiger charge is 2.11. The van der Waals surface area contributed by atoms with Gasteiger partial charge in [-0.25, -0.2) is 13.4 Å². The third-order valence-corrected chi connectivity index (χ3v) is 6.76. The van der Waals surface area contributed by atoms with Gasteiger partial charge in [0.2, 0.25) is 0 Å². The van der Waals surface area contributed by atoms with Crippen molar-refractivity contribution in [3.63, 3.8) is 0 Å². The molecule has 0 aliphatic rings. The quantitative estimate of drug-likeness (QED) is 0.287. The number of fused-ring (bicyclic) bond motifs is 1. The van der Waals surface area contributed by atoms with Crippen molar-refractivity contribution >= 4 is 26.8 Å². The minimum atomic E-state index is -3.12. The third-order valence-electron chi connectivity index (χ3n) is 5.07. The summed E-state index contributed by atoms with van der Waals surface area (Å²) in [6, 6.07) is 17.4. The molecule has 2 aromatic carbocycles. The van der Waals surface area contributed by atoms with Crippen LogP contribution in [0.1, 0.15) is 24.2 Å². The van der Waals surface area contributed by atoms with E-state index in [-0.39, 0.29) is 11.5 Å². The van der Waals surface area contributed by atoms with Crippen molar-refractivity contribution in [1.29, 1.82) is 0 Å². The van der Waals surface area contributed by atoms with Crippen LogP contribution in [0.5, 0.6) is 0 Å². The van der Waals surface area contributed by atoms with Gasteiger partial charge < -0.3 is 15.2 Å². The molecule has 0 bridgehead atoms. The lowest BCUT2D eigenvalue weighted by molar-refractivity contribution is 0.591. The van der Waals surface area contributed by atoms with Crippen LogP contribution in [-0.2, 0) is 22.1 Å². The van der Waals surface area contributed by atoms with Crippen LogP contribution in [0.3, 0.4) is 0 Å². The largest absolute Gasteiger partial charge is 0.356 e. The first-order chi connectivity index (χ1) is 15.0. The molecule has 166 valence electrons. The molecule has 31 heavy (non-hydrogen) atoms. The van der Waals surface area contributed by atoms with Gasteiger partial charge in [-0.15, -0.1) is 0 Å². The van der Waals surface area contributed by atoms with Gasteiger partial charge in [-0.2, -0.15) is 0 Å². The van der Waals surface area contributed by atoms with Gasteiger partial charge in [0.25, 0.3) is 0 Å². The van der Waals surface area contributed by atoms with E-state index in [1.54, 1.807) is 7.05 Å². The second-order valence-corrected chi connectivity index (χ2v) is 9.69. The first kappa shape index (κ1) is 22.8. The number of guanidine groups is 1. The number of nitrogens with zero attached hydrogens (tertiary/aromatic N) is 3. The number of para-hydroxylation sites is 2. The number of aromatic nitrogens is 2. The van der Waals surface area contributed by atoms with Crippen molar-refractivity contribution in [3.05, 3.63) is 66.0 Å². The highest BCUT2D eigenvalue weighted by molar-refractivity contribution is 7.90. The number of nitrogens with one attached hydrogen (secondary N) is 2. The number of aliphatic imine (C=N–C) groups is 1. The first-order valence-corrected chi connectivity index (χ1v) is 12.4. The molecule has 0 unspecified atom stereocenters. The van der Waals surface area contributed by atoms with Gasteiger partial charge >= 0.3 is 0 Å². The number of hydrogen-bond donors (Lipinski definition) is 2. The van der Waals surface area contributed by atoms with Crippen molar-refractivity contribution in [1.82, 2.24) is 20.2 Å². The van der Waals surface area contributed by atoms with Crippen LogP contribution in [0, 0.1) is 6.92 Å². The molecule has 0 atom stereocenters. The van der Waals surface area contributed by atoms with Gasteiger partial charge in [-0.3, -0.25) is 4.99 Å². The molecule has 0 saturated heterocycles. The summed E-state index contributed by atoms with van der Waals surface area (Å²) in [5.74, 6) is 1.94. The molecule has 3 aromatic rings. The Balaban J connectivity index is 1.36. The van der Waals surface area contributed by atoms with Crippen molar-refractivity contribution in [2.75, 3.05) is 25.9 Å². The summed E-state index contributed by atoms with van der Waals surface area (Å²) >= 11 is 0. The molecule has 1 aromatic heterocycles. The molecule has 0 aliphatic carbocycles. The van der Waals surface area contributed by atoms with Gasteiger partial charge in [0, 0.05) is 26.7 Å². The molecule has 0 amide bonds. The topological polar surface area (TPSA) is 88.4 Å². The zero-order chi connectivity index (χ0) is 22.1. The van der Waals surface area contributed by atoms with Crippen LogP contribution >= 0.6 is 0 Å². The summed E-state index contributed by atoms with van der Waals surface area (Å²) < 4.78 is 26.8.